The van der Waals surface area contributed by atoms with Gasteiger partial charge < -0.3 is 9.64 Å². The third-order valence-corrected chi connectivity index (χ3v) is 6.52. The summed E-state index contributed by atoms with van der Waals surface area (Å²) in [4.78, 5) is 18.1. The van der Waals surface area contributed by atoms with Crippen LogP contribution in [0, 0.1) is 4.77 Å². The Labute approximate surface area is 184 Å². The second-order valence-electron chi connectivity index (χ2n) is 7.24. The third kappa shape index (κ3) is 4.80. The van der Waals surface area contributed by atoms with E-state index in [1.165, 1.54) is 5.56 Å². The topological polar surface area (TPSA) is 66.4 Å². The van der Waals surface area contributed by atoms with Gasteiger partial charge in [-0.3, -0.25) is 19.4 Å². The van der Waals surface area contributed by atoms with Crippen LogP contribution >= 0.6 is 23.6 Å². The summed E-state index contributed by atoms with van der Waals surface area (Å²) in [6.45, 7) is 4.69. The first-order chi connectivity index (χ1) is 14.6. The summed E-state index contributed by atoms with van der Waals surface area (Å²) in [5, 5.41) is 9.18. The Morgan fingerprint density at radius 2 is 1.97 bits per heavy atom. The highest BCUT2D eigenvalue weighted by Gasteiger charge is 2.21. The van der Waals surface area contributed by atoms with Gasteiger partial charge in [0.2, 0.25) is 5.91 Å². The summed E-state index contributed by atoms with van der Waals surface area (Å²) in [5.41, 5.74) is 1.26. The number of ether oxygens (including phenoxy) is 1. The molecule has 4 rings (SSSR count). The predicted octanol–water partition coefficient (Wildman–Crippen LogP) is 3.41. The van der Waals surface area contributed by atoms with E-state index in [2.05, 4.69) is 27.2 Å². The molecule has 1 N–H and O–H groups in total. The van der Waals surface area contributed by atoms with Crippen LogP contribution in [0.25, 0.3) is 10.7 Å². The largest absolute Gasteiger partial charge is 0.497 e. The lowest BCUT2D eigenvalue weighted by Crippen LogP contribution is -2.48. The number of thiophene rings is 1. The second kappa shape index (κ2) is 9.55. The van der Waals surface area contributed by atoms with Crippen molar-refractivity contribution in [2.24, 2.45) is 0 Å². The van der Waals surface area contributed by atoms with Crippen LogP contribution in [0.5, 0.6) is 5.75 Å². The number of methoxy groups -OCH3 is 1. The van der Waals surface area contributed by atoms with E-state index in [0.29, 0.717) is 17.7 Å². The molecule has 3 aromatic rings. The molecule has 0 aliphatic carbocycles. The molecule has 7 nitrogen and oxygen atoms in total. The molecule has 1 aliphatic heterocycles. The zero-order chi connectivity index (χ0) is 20.9. The van der Waals surface area contributed by atoms with Gasteiger partial charge in [-0.25, -0.2) is 0 Å². The molecule has 1 aliphatic rings. The number of nitrogens with one attached hydrogen (secondary N) is 1. The number of amides is 1. The fourth-order valence-electron chi connectivity index (χ4n) is 3.63. The Hall–Kier alpha value is -2.49. The van der Waals surface area contributed by atoms with Gasteiger partial charge in [0.05, 0.1) is 12.0 Å². The highest BCUT2D eigenvalue weighted by molar-refractivity contribution is 7.71. The van der Waals surface area contributed by atoms with E-state index in [-0.39, 0.29) is 5.91 Å². The van der Waals surface area contributed by atoms with Gasteiger partial charge >= 0.3 is 0 Å². The van der Waals surface area contributed by atoms with Gasteiger partial charge in [-0.1, -0.05) is 18.2 Å². The monoisotopic (exact) mass is 443 g/mol. The molecule has 1 aromatic carbocycles. The molecule has 1 amide bonds. The van der Waals surface area contributed by atoms with Crippen LogP contribution in [0.4, 0.5) is 0 Å². The standard InChI is InChI=1S/C21H25N5O2S2/c1-28-17-6-4-16(5-7-17)15-24-10-12-25(13-11-24)19(27)8-9-26-20(22-23-21(26)29)18-3-2-14-30-18/h2-7,14H,8-13,15H2,1H3,(H,23,29). The molecule has 1 fully saturated rings. The number of carbonyl (C=O) groups excluding carboxylic acids is 1. The first kappa shape index (κ1) is 20.8. The van der Waals surface area contributed by atoms with E-state index < -0.39 is 0 Å². The van der Waals surface area contributed by atoms with Gasteiger partial charge in [0, 0.05) is 45.7 Å². The van der Waals surface area contributed by atoms with E-state index >= 15 is 0 Å². The van der Waals surface area contributed by atoms with Crippen molar-refractivity contribution < 1.29 is 9.53 Å². The van der Waals surface area contributed by atoms with Crippen LogP contribution in [0.15, 0.2) is 41.8 Å². The van der Waals surface area contributed by atoms with Gasteiger partial charge in [0.15, 0.2) is 10.6 Å². The van der Waals surface area contributed by atoms with Gasteiger partial charge in [0.1, 0.15) is 5.75 Å². The van der Waals surface area contributed by atoms with Crippen LogP contribution in [0.3, 0.4) is 0 Å². The van der Waals surface area contributed by atoms with Crippen molar-refractivity contribution in [1.29, 1.82) is 0 Å². The lowest BCUT2D eigenvalue weighted by atomic mass is 10.2. The van der Waals surface area contributed by atoms with Gasteiger partial charge in [0.25, 0.3) is 0 Å². The maximum absolute atomic E-state index is 12.8. The Morgan fingerprint density at radius 3 is 2.63 bits per heavy atom. The Kier molecular flexibility index (Phi) is 6.61. The minimum atomic E-state index is 0.166. The summed E-state index contributed by atoms with van der Waals surface area (Å²) in [6.07, 6.45) is 0.421. The maximum Gasteiger partial charge on any atom is 0.224 e. The van der Waals surface area contributed by atoms with E-state index in [1.54, 1.807) is 18.4 Å². The molecule has 30 heavy (non-hydrogen) atoms. The minimum Gasteiger partial charge on any atom is -0.497 e. The summed E-state index contributed by atoms with van der Waals surface area (Å²) < 4.78 is 7.68. The highest BCUT2D eigenvalue weighted by atomic mass is 32.1. The number of aromatic amines is 1. The van der Waals surface area contributed by atoms with Crippen LogP contribution in [0.2, 0.25) is 0 Å². The molecule has 9 heteroatoms. The summed E-state index contributed by atoms with van der Waals surface area (Å²) in [5.74, 6) is 1.83. The van der Waals surface area contributed by atoms with Crippen molar-refractivity contribution in [3.05, 3.63) is 52.1 Å². The van der Waals surface area contributed by atoms with E-state index in [0.717, 1.165) is 49.2 Å². The molecule has 2 aromatic heterocycles. The number of carbonyl (C=O) groups is 1. The number of hydrogen-bond donors (Lipinski definition) is 1. The van der Waals surface area contributed by atoms with Crippen LogP contribution in [-0.2, 0) is 17.9 Å². The van der Waals surface area contributed by atoms with Gasteiger partial charge in [-0.2, -0.15) is 5.10 Å². The van der Waals surface area contributed by atoms with E-state index in [4.69, 9.17) is 17.0 Å². The lowest BCUT2D eigenvalue weighted by molar-refractivity contribution is -0.133. The average molecular weight is 444 g/mol. The molecule has 0 unspecified atom stereocenters. The van der Waals surface area contributed by atoms with Gasteiger partial charge in [-0.05, 0) is 41.4 Å². The number of aromatic nitrogens is 3. The zero-order valence-electron chi connectivity index (χ0n) is 16.9. The van der Waals surface area contributed by atoms with Crippen molar-refractivity contribution in [1.82, 2.24) is 24.6 Å². The fourth-order valence-corrected chi connectivity index (χ4v) is 4.57. The first-order valence-electron chi connectivity index (χ1n) is 9.96. The number of nitrogens with zero attached hydrogens (tertiary/aromatic N) is 4. The molecular formula is C21H25N5O2S2. The van der Waals surface area contributed by atoms with Crippen molar-refractivity contribution in [2.75, 3.05) is 33.3 Å². The number of benzene rings is 1. The van der Waals surface area contributed by atoms with E-state index in [9.17, 15) is 4.79 Å². The molecular weight excluding hydrogens is 418 g/mol. The zero-order valence-corrected chi connectivity index (χ0v) is 18.5. The van der Waals surface area contributed by atoms with Crippen LogP contribution < -0.4 is 4.74 Å². The van der Waals surface area contributed by atoms with Gasteiger partial charge in [-0.15, -0.1) is 11.3 Å². The number of rotatable bonds is 7. The number of piperazine rings is 1. The first-order valence-corrected chi connectivity index (χ1v) is 11.2. The number of hydrogen-bond acceptors (Lipinski definition) is 6. The Morgan fingerprint density at radius 1 is 1.20 bits per heavy atom. The molecule has 0 radical (unpaired) electrons. The molecule has 0 atom stereocenters. The molecule has 1 saturated heterocycles. The summed E-state index contributed by atoms with van der Waals surface area (Å²) >= 11 is 6.97. The molecule has 0 saturated carbocycles. The smallest absolute Gasteiger partial charge is 0.224 e. The average Bonchev–Trinajstić information content (AvgIpc) is 3.43. The normalized spacial score (nSPS) is 14.8. The molecule has 0 bridgehead atoms. The maximum atomic E-state index is 12.8. The van der Waals surface area contributed by atoms with Crippen molar-refractivity contribution in [3.8, 4) is 16.5 Å². The SMILES string of the molecule is COc1ccc(CN2CCN(C(=O)CCn3c(-c4cccs4)n[nH]c3=S)CC2)cc1. The Bertz CT molecular complexity index is 1020. The van der Waals surface area contributed by atoms with Crippen molar-refractivity contribution in [3.63, 3.8) is 0 Å². The minimum absolute atomic E-state index is 0.166. The van der Waals surface area contributed by atoms with Crippen LogP contribution in [0.1, 0.15) is 12.0 Å². The second-order valence-corrected chi connectivity index (χ2v) is 8.57. The lowest BCUT2D eigenvalue weighted by Gasteiger charge is -2.35. The van der Waals surface area contributed by atoms with Crippen LogP contribution in [-0.4, -0.2) is 63.8 Å². The van der Waals surface area contributed by atoms with Crippen molar-refractivity contribution in [2.45, 2.75) is 19.5 Å². The molecule has 158 valence electrons. The fraction of sp³-hybridized carbons (Fsp3) is 0.381. The Balaban J connectivity index is 1.28. The highest BCUT2D eigenvalue weighted by Crippen LogP contribution is 2.23. The number of H-pyrrole nitrogens is 1. The van der Waals surface area contributed by atoms with E-state index in [1.807, 2.05) is 39.1 Å². The summed E-state index contributed by atoms with van der Waals surface area (Å²) in [6, 6.07) is 12.2. The molecule has 3 heterocycles. The summed E-state index contributed by atoms with van der Waals surface area (Å²) in [7, 11) is 1.68. The predicted molar refractivity (Wildman–Crippen MR) is 120 cm³/mol. The molecule has 0 spiro atoms. The third-order valence-electron chi connectivity index (χ3n) is 5.34. The quantitative estimate of drug-likeness (QED) is 0.567. The van der Waals surface area contributed by atoms with Crippen molar-refractivity contribution >= 4 is 29.5 Å².